The Morgan fingerprint density at radius 3 is 2.70 bits per heavy atom. The zero-order chi connectivity index (χ0) is 17.2. The molecule has 1 aromatic carbocycles. The Labute approximate surface area is 138 Å². The van der Waals surface area contributed by atoms with Crippen LogP contribution in [0, 0.1) is 0 Å². The van der Waals surface area contributed by atoms with E-state index >= 15 is 0 Å². The maximum Gasteiger partial charge on any atom is 0.434 e. The third-order valence-corrected chi connectivity index (χ3v) is 3.68. The van der Waals surface area contributed by atoms with E-state index in [0.29, 0.717) is 10.0 Å². The topological polar surface area (TPSA) is 44.1 Å². The van der Waals surface area contributed by atoms with Crippen molar-refractivity contribution in [1.29, 1.82) is 0 Å². The van der Waals surface area contributed by atoms with Crippen LogP contribution < -0.4 is 0 Å². The van der Waals surface area contributed by atoms with Gasteiger partial charge < -0.3 is 9.30 Å². The number of esters is 1. The van der Waals surface area contributed by atoms with Crippen LogP contribution >= 0.6 is 15.9 Å². The van der Waals surface area contributed by atoms with Gasteiger partial charge in [-0.1, -0.05) is 22.0 Å². The zero-order valence-electron chi connectivity index (χ0n) is 12.0. The highest BCUT2D eigenvalue weighted by Gasteiger charge is 2.35. The molecule has 0 amide bonds. The van der Waals surface area contributed by atoms with Gasteiger partial charge in [0.05, 0.1) is 12.7 Å². The van der Waals surface area contributed by atoms with Crippen LogP contribution in [0.1, 0.15) is 16.1 Å². The third kappa shape index (κ3) is 3.64. The Kier molecular flexibility index (Phi) is 4.93. The molecule has 2 aromatic rings. The molecule has 0 unspecified atom stereocenters. The van der Waals surface area contributed by atoms with E-state index < -0.39 is 17.8 Å². The van der Waals surface area contributed by atoms with Crippen molar-refractivity contribution in [2.75, 3.05) is 7.11 Å². The van der Waals surface area contributed by atoms with Gasteiger partial charge in [-0.25, -0.2) is 9.78 Å². The van der Waals surface area contributed by atoms with E-state index in [1.54, 1.807) is 0 Å². The van der Waals surface area contributed by atoms with Gasteiger partial charge in [0, 0.05) is 22.8 Å². The van der Waals surface area contributed by atoms with Crippen molar-refractivity contribution >= 4 is 21.9 Å². The largest absolute Gasteiger partial charge is 0.465 e. The first-order valence-electron chi connectivity index (χ1n) is 6.41. The summed E-state index contributed by atoms with van der Waals surface area (Å²) in [5.41, 5.74) is -0.283. The molecule has 23 heavy (non-hydrogen) atoms. The molecule has 1 heterocycles. The predicted octanol–water partition coefficient (Wildman–Crippen LogP) is 4.30. The second-order valence-corrected chi connectivity index (χ2v) is 5.43. The number of aromatic nitrogens is 2. The predicted molar refractivity (Wildman–Crippen MR) is 81.9 cm³/mol. The average molecular weight is 389 g/mol. The molecule has 0 spiro atoms. The lowest BCUT2D eigenvalue weighted by molar-refractivity contribution is -0.140. The molecule has 0 aliphatic rings. The molecule has 0 atom stereocenters. The summed E-state index contributed by atoms with van der Waals surface area (Å²) in [7, 11) is 1.25. The van der Waals surface area contributed by atoms with Gasteiger partial charge in [0.15, 0.2) is 5.69 Å². The lowest BCUT2D eigenvalue weighted by atomic mass is 10.1. The highest BCUT2D eigenvalue weighted by atomic mass is 79.9. The first kappa shape index (κ1) is 17.3. The molecular formula is C15H12BrF3N2O2. The SMILES string of the molecule is C=CCn1cc(C(F)(F)F)nc1-c1ccc(C(=O)OC)cc1Br. The van der Waals surface area contributed by atoms with E-state index in [2.05, 4.69) is 32.2 Å². The first-order chi connectivity index (χ1) is 10.8. The molecular weight excluding hydrogens is 377 g/mol. The van der Waals surface area contributed by atoms with Crippen molar-refractivity contribution in [1.82, 2.24) is 9.55 Å². The van der Waals surface area contributed by atoms with E-state index in [-0.39, 0.29) is 17.9 Å². The fourth-order valence-electron chi connectivity index (χ4n) is 1.99. The summed E-state index contributed by atoms with van der Waals surface area (Å²) in [6, 6.07) is 4.45. The van der Waals surface area contributed by atoms with Crippen molar-refractivity contribution in [3.05, 3.63) is 52.8 Å². The van der Waals surface area contributed by atoms with Gasteiger partial charge in [0.1, 0.15) is 5.82 Å². The third-order valence-electron chi connectivity index (χ3n) is 3.02. The summed E-state index contributed by atoms with van der Waals surface area (Å²) in [6.45, 7) is 3.70. The van der Waals surface area contributed by atoms with Crippen LogP contribution in [-0.4, -0.2) is 22.6 Å². The lowest BCUT2D eigenvalue weighted by Gasteiger charge is -2.08. The molecule has 0 fully saturated rings. The highest BCUT2D eigenvalue weighted by molar-refractivity contribution is 9.10. The number of ether oxygens (including phenoxy) is 1. The number of halogens is 4. The Balaban J connectivity index is 2.54. The average Bonchev–Trinajstić information content (AvgIpc) is 2.90. The van der Waals surface area contributed by atoms with Crippen LogP contribution in [0.2, 0.25) is 0 Å². The fourth-order valence-corrected chi connectivity index (χ4v) is 2.54. The van der Waals surface area contributed by atoms with E-state index in [0.717, 1.165) is 6.20 Å². The van der Waals surface area contributed by atoms with Crippen LogP contribution in [0.3, 0.4) is 0 Å². The molecule has 122 valence electrons. The Hall–Kier alpha value is -2.09. The maximum absolute atomic E-state index is 12.9. The quantitative estimate of drug-likeness (QED) is 0.579. The number of allylic oxidation sites excluding steroid dienone is 1. The summed E-state index contributed by atoms with van der Waals surface area (Å²) < 4.78 is 45.0. The minimum atomic E-state index is -4.54. The maximum atomic E-state index is 12.9. The summed E-state index contributed by atoms with van der Waals surface area (Å²) in [6.07, 6.45) is -2.14. The molecule has 0 saturated heterocycles. The normalized spacial score (nSPS) is 11.3. The van der Waals surface area contributed by atoms with Gasteiger partial charge in [0.25, 0.3) is 0 Å². The van der Waals surface area contributed by atoms with Crippen molar-refractivity contribution < 1.29 is 22.7 Å². The molecule has 1 aromatic heterocycles. The van der Waals surface area contributed by atoms with Gasteiger partial charge in [-0.2, -0.15) is 13.2 Å². The first-order valence-corrected chi connectivity index (χ1v) is 7.20. The van der Waals surface area contributed by atoms with Gasteiger partial charge in [-0.15, -0.1) is 6.58 Å². The second kappa shape index (κ2) is 6.57. The van der Waals surface area contributed by atoms with Crippen LogP contribution in [0.25, 0.3) is 11.4 Å². The lowest BCUT2D eigenvalue weighted by Crippen LogP contribution is -2.05. The minimum Gasteiger partial charge on any atom is -0.465 e. The van der Waals surface area contributed by atoms with Crippen molar-refractivity contribution in [2.45, 2.75) is 12.7 Å². The molecule has 0 saturated carbocycles. The summed E-state index contributed by atoms with van der Waals surface area (Å²) >= 11 is 3.26. The summed E-state index contributed by atoms with van der Waals surface area (Å²) in [5.74, 6) is -0.414. The minimum absolute atomic E-state index is 0.125. The van der Waals surface area contributed by atoms with Gasteiger partial charge in [0.2, 0.25) is 0 Å². The monoisotopic (exact) mass is 388 g/mol. The van der Waals surface area contributed by atoms with Gasteiger partial charge in [-0.05, 0) is 18.2 Å². The van der Waals surface area contributed by atoms with Crippen LogP contribution in [-0.2, 0) is 17.5 Å². The Bertz CT molecular complexity index is 754. The molecule has 0 bridgehead atoms. The number of benzene rings is 1. The zero-order valence-corrected chi connectivity index (χ0v) is 13.6. The van der Waals surface area contributed by atoms with Crippen LogP contribution in [0.5, 0.6) is 0 Å². The van der Waals surface area contributed by atoms with E-state index in [1.165, 1.54) is 36.0 Å². The Morgan fingerprint density at radius 2 is 2.17 bits per heavy atom. The summed E-state index contributed by atoms with van der Waals surface area (Å²) in [4.78, 5) is 15.2. The number of hydrogen-bond donors (Lipinski definition) is 0. The smallest absolute Gasteiger partial charge is 0.434 e. The van der Waals surface area contributed by atoms with Gasteiger partial charge >= 0.3 is 12.1 Å². The van der Waals surface area contributed by atoms with Crippen LogP contribution in [0.15, 0.2) is 41.5 Å². The standard InChI is InChI=1S/C15H12BrF3N2O2/c1-3-6-21-8-12(15(17,18)19)20-13(21)10-5-4-9(7-11(10)16)14(22)23-2/h3-5,7-8H,1,6H2,2H3. The fraction of sp³-hybridized carbons (Fsp3) is 0.200. The molecule has 0 N–H and O–H groups in total. The van der Waals surface area contributed by atoms with Crippen molar-refractivity contribution in [3.63, 3.8) is 0 Å². The number of methoxy groups -OCH3 is 1. The number of carbonyl (C=O) groups excluding carboxylic acids is 1. The number of imidazole rings is 1. The molecule has 8 heteroatoms. The van der Waals surface area contributed by atoms with E-state index in [9.17, 15) is 18.0 Å². The molecule has 0 aliphatic heterocycles. The second-order valence-electron chi connectivity index (χ2n) is 4.57. The Morgan fingerprint density at radius 1 is 1.48 bits per heavy atom. The highest BCUT2D eigenvalue weighted by Crippen LogP contribution is 2.34. The van der Waals surface area contributed by atoms with Crippen molar-refractivity contribution in [3.8, 4) is 11.4 Å². The number of carbonyl (C=O) groups is 1. The van der Waals surface area contributed by atoms with Crippen molar-refractivity contribution in [2.24, 2.45) is 0 Å². The van der Waals surface area contributed by atoms with E-state index in [1.807, 2.05) is 0 Å². The molecule has 0 aliphatic carbocycles. The number of alkyl halides is 3. The molecule has 2 rings (SSSR count). The van der Waals surface area contributed by atoms with E-state index in [4.69, 9.17) is 0 Å². The number of nitrogens with zero attached hydrogens (tertiary/aromatic N) is 2. The number of rotatable bonds is 4. The molecule has 4 nitrogen and oxygen atoms in total. The van der Waals surface area contributed by atoms with Gasteiger partial charge in [-0.3, -0.25) is 0 Å². The summed E-state index contributed by atoms with van der Waals surface area (Å²) in [5, 5.41) is 0. The number of hydrogen-bond acceptors (Lipinski definition) is 3. The van der Waals surface area contributed by atoms with Crippen LogP contribution in [0.4, 0.5) is 13.2 Å². The molecule has 0 radical (unpaired) electrons.